The van der Waals surface area contributed by atoms with Gasteiger partial charge >= 0.3 is 0 Å². The lowest BCUT2D eigenvalue weighted by Gasteiger charge is -2.09. The molecule has 2 fully saturated rings. The van der Waals surface area contributed by atoms with Gasteiger partial charge in [-0.15, -0.1) is 24.8 Å². The molecule has 3 atom stereocenters. The Kier molecular flexibility index (Phi) is 3.43. The van der Waals surface area contributed by atoms with Crippen LogP contribution in [0.25, 0.3) is 0 Å². The van der Waals surface area contributed by atoms with Gasteiger partial charge in [0.1, 0.15) is 0 Å². The first-order chi connectivity index (χ1) is 3.79. The quantitative estimate of drug-likeness (QED) is 0.590. The Labute approximate surface area is 74.0 Å². The van der Waals surface area contributed by atoms with Crippen LogP contribution in [0.5, 0.6) is 0 Å². The number of nitrogens with zero attached hydrogens (tertiary/aromatic N) is 1. The van der Waals surface area contributed by atoms with Crippen molar-refractivity contribution in [1.29, 1.82) is 0 Å². The molecule has 1 unspecified atom stereocenters. The van der Waals surface area contributed by atoms with Gasteiger partial charge in [0.05, 0.1) is 0 Å². The monoisotopic (exact) mass is 184 g/mol. The lowest BCUT2D eigenvalue weighted by molar-refractivity contribution is 0.362. The molecule has 0 aromatic rings. The Bertz CT molecular complexity index is 108. The first-order valence-electron chi connectivity index (χ1n) is 3.23. The van der Waals surface area contributed by atoms with E-state index in [0.717, 1.165) is 11.8 Å². The van der Waals surface area contributed by atoms with Gasteiger partial charge in [-0.1, -0.05) is 0 Å². The molecule has 1 saturated carbocycles. The summed E-state index contributed by atoms with van der Waals surface area (Å²) in [5.74, 6) is 1.72. The van der Waals surface area contributed by atoms with Gasteiger partial charge in [0, 0.05) is 19.1 Å². The average Bonchev–Trinajstić information content (AvgIpc) is 2.29. The number of hydrogen-bond donors (Lipinski definition) is 1. The van der Waals surface area contributed by atoms with Crippen LogP contribution in [0, 0.1) is 11.8 Å². The summed E-state index contributed by atoms with van der Waals surface area (Å²) < 4.78 is 0. The summed E-state index contributed by atoms with van der Waals surface area (Å²) in [4.78, 5) is 2.36. The van der Waals surface area contributed by atoms with Crippen molar-refractivity contribution < 1.29 is 0 Å². The minimum Gasteiger partial charge on any atom is -0.327 e. The highest BCUT2D eigenvalue weighted by atomic mass is 35.5. The third-order valence-electron chi connectivity index (χ3n) is 2.44. The van der Waals surface area contributed by atoms with Crippen LogP contribution < -0.4 is 5.73 Å². The number of fused-ring (bicyclic) bond motifs is 1. The number of likely N-dealkylation sites (tertiary alicyclic amines) is 1. The van der Waals surface area contributed by atoms with Crippen LogP contribution in [0.15, 0.2) is 0 Å². The summed E-state index contributed by atoms with van der Waals surface area (Å²) in [7, 11) is 2.17. The van der Waals surface area contributed by atoms with Crippen LogP contribution in [0.4, 0.5) is 0 Å². The van der Waals surface area contributed by atoms with E-state index in [1.807, 2.05) is 0 Å². The molecule has 1 heterocycles. The zero-order valence-electron chi connectivity index (χ0n) is 5.99. The molecule has 1 aliphatic heterocycles. The second kappa shape index (κ2) is 3.26. The van der Waals surface area contributed by atoms with Crippen molar-refractivity contribution in [3.63, 3.8) is 0 Å². The van der Waals surface area contributed by atoms with Crippen molar-refractivity contribution in [2.24, 2.45) is 17.6 Å². The highest BCUT2D eigenvalue weighted by molar-refractivity contribution is 5.85. The standard InChI is InChI=1S/C6H12N2.2ClH/c1-8-2-4-5(3-8)6(4)7;;/h4-6H,2-3,7H2,1H3;2*1H/t4-,5+,6?;;. The Morgan fingerprint density at radius 2 is 1.60 bits per heavy atom. The van der Waals surface area contributed by atoms with E-state index in [-0.39, 0.29) is 24.8 Å². The van der Waals surface area contributed by atoms with Gasteiger partial charge in [-0.05, 0) is 18.9 Å². The molecule has 0 aromatic heterocycles. The molecule has 0 amide bonds. The smallest absolute Gasteiger partial charge is 0.0127 e. The van der Waals surface area contributed by atoms with Gasteiger partial charge in [0.2, 0.25) is 0 Å². The second-order valence-corrected chi connectivity index (χ2v) is 3.13. The highest BCUT2D eigenvalue weighted by Gasteiger charge is 2.52. The largest absolute Gasteiger partial charge is 0.327 e. The average molecular weight is 185 g/mol. The van der Waals surface area contributed by atoms with Crippen molar-refractivity contribution in [2.45, 2.75) is 6.04 Å². The maximum atomic E-state index is 5.71. The molecule has 0 aromatic carbocycles. The third kappa shape index (κ3) is 1.40. The number of rotatable bonds is 0. The van der Waals surface area contributed by atoms with Crippen LogP contribution >= 0.6 is 24.8 Å². The maximum absolute atomic E-state index is 5.71. The molecule has 10 heavy (non-hydrogen) atoms. The fourth-order valence-corrected chi connectivity index (χ4v) is 1.78. The molecule has 62 valence electrons. The zero-order chi connectivity index (χ0) is 5.72. The molecule has 2 N–H and O–H groups in total. The number of hydrogen-bond acceptors (Lipinski definition) is 2. The molecule has 2 aliphatic rings. The van der Waals surface area contributed by atoms with E-state index in [4.69, 9.17) is 5.73 Å². The van der Waals surface area contributed by atoms with Crippen LogP contribution in [0.1, 0.15) is 0 Å². The molecular formula is C6H14Cl2N2. The van der Waals surface area contributed by atoms with Gasteiger partial charge in [-0.2, -0.15) is 0 Å². The third-order valence-corrected chi connectivity index (χ3v) is 2.44. The zero-order valence-corrected chi connectivity index (χ0v) is 7.62. The molecule has 4 heteroatoms. The Hall–Kier alpha value is 0.500. The van der Waals surface area contributed by atoms with E-state index in [9.17, 15) is 0 Å². The van der Waals surface area contributed by atoms with Crippen molar-refractivity contribution in [3.05, 3.63) is 0 Å². The predicted molar refractivity (Wildman–Crippen MR) is 46.9 cm³/mol. The Morgan fingerprint density at radius 1 is 1.20 bits per heavy atom. The first kappa shape index (κ1) is 10.5. The maximum Gasteiger partial charge on any atom is 0.0127 e. The van der Waals surface area contributed by atoms with Gasteiger partial charge in [-0.25, -0.2) is 0 Å². The van der Waals surface area contributed by atoms with Gasteiger partial charge in [0.25, 0.3) is 0 Å². The minimum atomic E-state index is 0. The molecule has 0 radical (unpaired) electrons. The second-order valence-electron chi connectivity index (χ2n) is 3.13. The van der Waals surface area contributed by atoms with Crippen LogP contribution in [-0.2, 0) is 0 Å². The number of nitrogens with two attached hydrogens (primary N) is 1. The topological polar surface area (TPSA) is 29.3 Å². The minimum absolute atomic E-state index is 0. The van der Waals surface area contributed by atoms with E-state index < -0.39 is 0 Å². The van der Waals surface area contributed by atoms with Crippen molar-refractivity contribution >= 4 is 24.8 Å². The van der Waals surface area contributed by atoms with Crippen LogP contribution in [0.3, 0.4) is 0 Å². The molecular weight excluding hydrogens is 171 g/mol. The van der Waals surface area contributed by atoms with Crippen molar-refractivity contribution in [1.82, 2.24) is 4.90 Å². The highest BCUT2D eigenvalue weighted by Crippen LogP contribution is 2.42. The summed E-state index contributed by atoms with van der Waals surface area (Å²) in [5, 5.41) is 0. The lowest BCUT2D eigenvalue weighted by Crippen LogP contribution is -2.24. The number of halogens is 2. The molecule has 1 aliphatic carbocycles. The fourth-order valence-electron chi connectivity index (χ4n) is 1.78. The fraction of sp³-hybridized carbons (Fsp3) is 1.00. The summed E-state index contributed by atoms with van der Waals surface area (Å²) in [6.45, 7) is 2.48. The normalized spacial score (nSPS) is 43.2. The van der Waals surface area contributed by atoms with Gasteiger partial charge in [-0.3, -0.25) is 0 Å². The SMILES string of the molecule is CN1C[C@@H]2C(N)[C@@H]2C1.Cl.Cl. The summed E-state index contributed by atoms with van der Waals surface area (Å²) in [5.41, 5.74) is 5.71. The van der Waals surface area contributed by atoms with Gasteiger partial charge < -0.3 is 10.6 Å². The molecule has 2 nitrogen and oxygen atoms in total. The predicted octanol–water partition coefficient (Wildman–Crippen LogP) is 0.349. The van der Waals surface area contributed by atoms with E-state index in [1.165, 1.54) is 13.1 Å². The molecule has 1 saturated heterocycles. The van der Waals surface area contributed by atoms with Crippen molar-refractivity contribution in [3.8, 4) is 0 Å². The molecule has 0 bridgehead atoms. The summed E-state index contributed by atoms with van der Waals surface area (Å²) in [6, 6.07) is 0.561. The summed E-state index contributed by atoms with van der Waals surface area (Å²) in [6.07, 6.45) is 0. The van der Waals surface area contributed by atoms with Crippen LogP contribution in [-0.4, -0.2) is 31.1 Å². The lowest BCUT2D eigenvalue weighted by atomic mass is 10.4. The van der Waals surface area contributed by atoms with E-state index >= 15 is 0 Å². The van der Waals surface area contributed by atoms with Crippen LogP contribution in [0.2, 0.25) is 0 Å². The molecule has 2 rings (SSSR count). The van der Waals surface area contributed by atoms with Gasteiger partial charge in [0.15, 0.2) is 0 Å². The summed E-state index contributed by atoms with van der Waals surface area (Å²) >= 11 is 0. The number of piperidine rings is 1. The first-order valence-corrected chi connectivity index (χ1v) is 3.23. The van der Waals surface area contributed by atoms with E-state index in [1.54, 1.807) is 0 Å². The van der Waals surface area contributed by atoms with E-state index in [0.29, 0.717) is 6.04 Å². The van der Waals surface area contributed by atoms with Crippen molar-refractivity contribution in [2.75, 3.05) is 20.1 Å². The molecule has 0 spiro atoms. The van der Waals surface area contributed by atoms with E-state index in [2.05, 4.69) is 11.9 Å². The Balaban J connectivity index is 0.000000405. The Morgan fingerprint density at radius 3 is 1.90 bits per heavy atom.